The molecule has 0 saturated carbocycles. The van der Waals surface area contributed by atoms with Crippen molar-refractivity contribution < 1.29 is 9.26 Å². The first kappa shape index (κ1) is 19.1. The lowest BCUT2D eigenvalue weighted by Gasteiger charge is -2.23. The molecule has 0 unspecified atom stereocenters. The van der Waals surface area contributed by atoms with Gasteiger partial charge in [-0.2, -0.15) is 4.98 Å². The number of hydrogen-bond acceptors (Lipinski definition) is 7. The van der Waals surface area contributed by atoms with Gasteiger partial charge in [0.1, 0.15) is 6.54 Å². The Morgan fingerprint density at radius 2 is 2.07 bits per heavy atom. The highest BCUT2D eigenvalue weighted by Crippen LogP contribution is 2.37. The maximum atomic E-state index is 12.8. The van der Waals surface area contributed by atoms with E-state index in [1.807, 2.05) is 7.05 Å². The molecule has 0 bridgehead atoms. The summed E-state index contributed by atoms with van der Waals surface area (Å²) in [7, 11) is 2.03. The molecule has 0 aliphatic carbocycles. The smallest absolute Gasteiger partial charge is 0.257 e. The number of ether oxygens (including phenoxy) is 1. The molecule has 3 aromatic rings. The normalized spacial score (nSPS) is 21.7. The maximum absolute atomic E-state index is 12.8. The summed E-state index contributed by atoms with van der Waals surface area (Å²) < 4.78 is 13.0. The highest BCUT2D eigenvalue weighted by molar-refractivity contribution is 5.24. The van der Waals surface area contributed by atoms with Crippen LogP contribution in [-0.2, 0) is 24.2 Å². The molecule has 0 N–H and O–H groups in total. The molecule has 1 fully saturated rings. The topological polar surface area (TPSA) is 86.3 Å². The molecule has 5 rings (SSSR count). The van der Waals surface area contributed by atoms with E-state index in [1.54, 1.807) is 10.9 Å². The van der Waals surface area contributed by atoms with Gasteiger partial charge in [-0.3, -0.25) is 9.36 Å². The van der Waals surface area contributed by atoms with E-state index in [4.69, 9.17) is 9.26 Å². The van der Waals surface area contributed by atoms with E-state index < -0.39 is 0 Å². The highest BCUT2D eigenvalue weighted by Gasteiger charge is 2.31. The third-order valence-electron chi connectivity index (χ3n) is 5.98. The molecule has 4 heterocycles. The van der Waals surface area contributed by atoms with Gasteiger partial charge in [0.05, 0.1) is 24.7 Å². The Labute approximate surface area is 174 Å². The van der Waals surface area contributed by atoms with Crippen LogP contribution in [0.4, 0.5) is 0 Å². The molecule has 0 amide bonds. The highest BCUT2D eigenvalue weighted by atomic mass is 16.5. The van der Waals surface area contributed by atoms with Crippen molar-refractivity contribution in [3.05, 3.63) is 75.0 Å². The van der Waals surface area contributed by atoms with Crippen molar-refractivity contribution in [2.75, 3.05) is 20.2 Å². The van der Waals surface area contributed by atoms with Gasteiger partial charge in [-0.05, 0) is 32.4 Å². The van der Waals surface area contributed by atoms with Crippen molar-refractivity contribution in [1.29, 1.82) is 0 Å². The zero-order valence-electron chi connectivity index (χ0n) is 17.2. The van der Waals surface area contributed by atoms with Gasteiger partial charge in [0.15, 0.2) is 5.82 Å². The van der Waals surface area contributed by atoms with Crippen LogP contribution in [0.2, 0.25) is 0 Å². The zero-order chi connectivity index (χ0) is 20.7. The SMILES string of the molecule is Cc1ccc([C@H]2C[C@H](c3noc(Cn4cnc5c(c4=O)CCN(C)C5)n3)CO2)cc1. The minimum Gasteiger partial charge on any atom is -0.373 e. The lowest BCUT2D eigenvalue weighted by molar-refractivity contribution is 0.110. The number of aromatic nitrogens is 4. The van der Waals surface area contributed by atoms with Gasteiger partial charge in [-0.15, -0.1) is 0 Å². The number of benzene rings is 1. The number of likely N-dealkylation sites (N-methyl/N-ethyl adjacent to an activating group) is 1. The van der Waals surface area contributed by atoms with E-state index >= 15 is 0 Å². The monoisotopic (exact) mass is 407 g/mol. The Balaban J connectivity index is 1.29. The van der Waals surface area contributed by atoms with E-state index in [-0.39, 0.29) is 24.1 Å². The van der Waals surface area contributed by atoms with Gasteiger partial charge in [0.2, 0.25) is 5.89 Å². The second-order valence-electron chi connectivity index (χ2n) is 8.30. The van der Waals surface area contributed by atoms with Gasteiger partial charge in [0, 0.05) is 24.6 Å². The molecule has 2 atom stereocenters. The average molecular weight is 407 g/mol. The fourth-order valence-corrected chi connectivity index (χ4v) is 4.17. The second-order valence-corrected chi connectivity index (χ2v) is 8.30. The Bertz CT molecular complexity index is 1100. The predicted molar refractivity (Wildman–Crippen MR) is 109 cm³/mol. The van der Waals surface area contributed by atoms with Crippen molar-refractivity contribution in [2.45, 2.75) is 44.9 Å². The van der Waals surface area contributed by atoms with Gasteiger partial charge in [-0.1, -0.05) is 35.0 Å². The molecule has 8 nitrogen and oxygen atoms in total. The molecule has 0 spiro atoms. The van der Waals surface area contributed by atoms with Crippen molar-refractivity contribution in [2.24, 2.45) is 0 Å². The Morgan fingerprint density at radius 3 is 2.90 bits per heavy atom. The van der Waals surface area contributed by atoms with Crippen molar-refractivity contribution in [1.82, 2.24) is 24.6 Å². The minimum absolute atomic E-state index is 0.0171. The average Bonchev–Trinajstić information content (AvgIpc) is 3.40. The summed E-state index contributed by atoms with van der Waals surface area (Å²) in [5.74, 6) is 1.14. The van der Waals surface area contributed by atoms with Crippen LogP contribution in [0.1, 0.15) is 52.5 Å². The Kier molecular flexibility index (Phi) is 4.96. The van der Waals surface area contributed by atoms with E-state index in [2.05, 4.69) is 51.2 Å². The Hall–Kier alpha value is -2.84. The second kappa shape index (κ2) is 7.77. The van der Waals surface area contributed by atoms with E-state index in [0.29, 0.717) is 31.3 Å². The largest absolute Gasteiger partial charge is 0.373 e. The first-order chi connectivity index (χ1) is 14.6. The molecule has 2 aliphatic heterocycles. The number of aryl methyl sites for hydroxylation is 1. The quantitative estimate of drug-likeness (QED) is 0.655. The number of hydrogen-bond donors (Lipinski definition) is 0. The number of rotatable bonds is 4. The van der Waals surface area contributed by atoms with Crippen LogP contribution in [0.3, 0.4) is 0 Å². The predicted octanol–water partition coefficient (Wildman–Crippen LogP) is 2.22. The van der Waals surface area contributed by atoms with Crippen molar-refractivity contribution >= 4 is 0 Å². The molecule has 1 aromatic carbocycles. The van der Waals surface area contributed by atoms with Crippen molar-refractivity contribution in [3.8, 4) is 0 Å². The van der Waals surface area contributed by atoms with Crippen LogP contribution < -0.4 is 5.56 Å². The van der Waals surface area contributed by atoms with E-state index in [9.17, 15) is 4.79 Å². The van der Waals surface area contributed by atoms with Gasteiger partial charge < -0.3 is 14.2 Å². The zero-order valence-corrected chi connectivity index (χ0v) is 17.2. The summed E-state index contributed by atoms with van der Waals surface area (Å²) in [6.45, 7) is 4.44. The molecular formula is C22H25N5O3. The van der Waals surface area contributed by atoms with Gasteiger partial charge in [-0.25, -0.2) is 4.98 Å². The lowest BCUT2D eigenvalue weighted by atomic mass is 9.99. The molecule has 156 valence electrons. The molecule has 0 radical (unpaired) electrons. The fraction of sp³-hybridized carbons (Fsp3) is 0.455. The standard InChI is InChI=1S/C22H25N5O3/c1-14-3-5-15(6-4-14)19-9-16(12-29-19)21-24-20(30-25-21)11-27-13-23-18-10-26(2)8-7-17(18)22(27)28/h3-6,13,16,19H,7-12H2,1-2H3/t16-,19+/m0/s1. The summed E-state index contributed by atoms with van der Waals surface area (Å²) in [6.07, 6.45) is 3.16. The third kappa shape index (κ3) is 3.68. The van der Waals surface area contributed by atoms with Crippen LogP contribution in [0.15, 0.2) is 39.9 Å². The van der Waals surface area contributed by atoms with Crippen LogP contribution in [0, 0.1) is 6.92 Å². The number of fused-ring (bicyclic) bond motifs is 1. The summed E-state index contributed by atoms with van der Waals surface area (Å²) in [5, 5.41) is 4.16. The van der Waals surface area contributed by atoms with Crippen LogP contribution in [-0.4, -0.2) is 44.8 Å². The molecule has 30 heavy (non-hydrogen) atoms. The van der Waals surface area contributed by atoms with Crippen LogP contribution >= 0.6 is 0 Å². The summed E-state index contributed by atoms with van der Waals surface area (Å²) in [4.78, 5) is 24.0. The first-order valence-electron chi connectivity index (χ1n) is 10.3. The van der Waals surface area contributed by atoms with Crippen LogP contribution in [0.5, 0.6) is 0 Å². The van der Waals surface area contributed by atoms with Crippen molar-refractivity contribution in [3.63, 3.8) is 0 Å². The van der Waals surface area contributed by atoms with E-state index in [1.165, 1.54) is 11.1 Å². The summed E-state index contributed by atoms with van der Waals surface area (Å²) in [6, 6.07) is 8.41. The van der Waals surface area contributed by atoms with Gasteiger partial charge in [0.25, 0.3) is 5.56 Å². The Morgan fingerprint density at radius 1 is 1.23 bits per heavy atom. The lowest BCUT2D eigenvalue weighted by Crippen LogP contribution is -2.35. The van der Waals surface area contributed by atoms with E-state index in [0.717, 1.165) is 24.2 Å². The summed E-state index contributed by atoms with van der Waals surface area (Å²) in [5.41, 5.74) is 4.04. The fourth-order valence-electron chi connectivity index (χ4n) is 4.17. The van der Waals surface area contributed by atoms with Gasteiger partial charge >= 0.3 is 0 Å². The minimum atomic E-state index is -0.0171. The summed E-state index contributed by atoms with van der Waals surface area (Å²) >= 11 is 0. The van der Waals surface area contributed by atoms with Crippen LogP contribution in [0.25, 0.3) is 0 Å². The molecule has 8 heteroatoms. The molecule has 2 aromatic heterocycles. The first-order valence-corrected chi connectivity index (χ1v) is 10.3. The molecular weight excluding hydrogens is 382 g/mol. The third-order valence-corrected chi connectivity index (χ3v) is 5.98. The maximum Gasteiger partial charge on any atom is 0.257 e. The molecule has 1 saturated heterocycles. The molecule has 2 aliphatic rings. The number of nitrogens with zero attached hydrogens (tertiary/aromatic N) is 5.